The van der Waals surface area contributed by atoms with Crippen LogP contribution < -0.4 is 4.74 Å². The molecule has 0 amide bonds. The Bertz CT molecular complexity index is 954. The van der Waals surface area contributed by atoms with Crippen molar-refractivity contribution in [2.24, 2.45) is 9.55 Å². The molecule has 0 fully saturated rings. The summed E-state index contributed by atoms with van der Waals surface area (Å²) in [7, 11) is -3.43. The van der Waals surface area contributed by atoms with Crippen LogP contribution >= 0.6 is 11.8 Å². The van der Waals surface area contributed by atoms with E-state index in [4.69, 9.17) is 9.57 Å². The second kappa shape index (κ2) is 8.20. The summed E-state index contributed by atoms with van der Waals surface area (Å²) in [4.78, 5) is 5.28. The first-order valence-electron chi connectivity index (χ1n) is 7.67. The van der Waals surface area contributed by atoms with Crippen molar-refractivity contribution in [3.63, 3.8) is 0 Å². The van der Waals surface area contributed by atoms with Crippen LogP contribution in [0.3, 0.4) is 0 Å². The van der Waals surface area contributed by atoms with Crippen LogP contribution in [-0.4, -0.2) is 31.1 Å². The number of nitrogens with zero attached hydrogens (tertiary/aromatic N) is 2. The lowest BCUT2D eigenvalue weighted by atomic mass is 10.0. The van der Waals surface area contributed by atoms with Crippen LogP contribution in [0.2, 0.25) is 0 Å². The molecule has 1 aliphatic heterocycles. The highest BCUT2D eigenvalue weighted by molar-refractivity contribution is 8.24. The minimum absolute atomic E-state index is 0.103. The molecular weight excluding hydrogens is 372 g/mol. The normalized spacial score (nSPS) is 16.0. The highest BCUT2D eigenvalue weighted by Gasteiger charge is 2.23. The van der Waals surface area contributed by atoms with Gasteiger partial charge in [-0.25, -0.2) is 8.42 Å². The fourth-order valence-corrected chi connectivity index (χ4v) is 4.35. The number of rotatable bonds is 6. The van der Waals surface area contributed by atoms with Gasteiger partial charge in [0.25, 0.3) is 15.3 Å². The molecule has 0 spiro atoms. The second-order valence-corrected chi connectivity index (χ2v) is 8.15. The molecule has 134 valence electrons. The van der Waals surface area contributed by atoms with Gasteiger partial charge in [-0.3, -0.25) is 0 Å². The maximum absolute atomic E-state index is 11.4. The van der Waals surface area contributed by atoms with Crippen LogP contribution in [0.25, 0.3) is 0 Å². The van der Waals surface area contributed by atoms with Crippen molar-refractivity contribution >= 4 is 32.7 Å². The quantitative estimate of drug-likeness (QED) is 0.328. The third-order valence-corrected chi connectivity index (χ3v) is 5.90. The van der Waals surface area contributed by atoms with Gasteiger partial charge in [-0.15, -0.1) is 4.40 Å². The van der Waals surface area contributed by atoms with Crippen LogP contribution in [-0.2, 0) is 14.9 Å². The lowest BCUT2D eigenvalue weighted by molar-refractivity contribution is 0.175. The van der Waals surface area contributed by atoms with E-state index in [9.17, 15) is 8.42 Å². The van der Waals surface area contributed by atoms with E-state index in [0.717, 1.165) is 22.9 Å². The molecular formula is C18H16N2O4S2. The van der Waals surface area contributed by atoms with E-state index in [-0.39, 0.29) is 16.9 Å². The number of oxime groups is 1. The predicted octanol–water partition coefficient (Wildman–Crippen LogP) is 3.41. The molecule has 0 bridgehead atoms. The van der Waals surface area contributed by atoms with E-state index >= 15 is 0 Å². The number of ether oxygens (including phenoxy) is 1. The van der Waals surface area contributed by atoms with Crippen LogP contribution in [0.15, 0.2) is 76.8 Å². The summed E-state index contributed by atoms with van der Waals surface area (Å²) in [5.41, 5.74) is 2.28. The Hall–Kier alpha value is -2.58. The summed E-state index contributed by atoms with van der Waals surface area (Å²) in [6.07, 6.45) is 1.61. The van der Waals surface area contributed by atoms with Crippen LogP contribution in [0.5, 0.6) is 5.75 Å². The molecule has 0 N–H and O–H groups in total. The molecule has 1 aliphatic rings. The van der Waals surface area contributed by atoms with Gasteiger partial charge in [0.15, 0.2) is 0 Å². The Kier molecular flexibility index (Phi) is 5.75. The summed E-state index contributed by atoms with van der Waals surface area (Å²) in [6, 6.07) is 16.7. The zero-order valence-corrected chi connectivity index (χ0v) is 15.4. The van der Waals surface area contributed by atoms with Crippen LogP contribution in [0.4, 0.5) is 0 Å². The van der Waals surface area contributed by atoms with E-state index in [2.05, 4.69) is 16.1 Å². The first kappa shape index (κ1) is 18.2. The number of thioether (sulfide) groups is 1. The van der Waals surface area contributed by atoms with Crippen molar-refractivity contribution in [3.05, 3.63) is 78.4 Å². The lowest BCUT2D eigenvalue weighted by Crippen LogP contribution is -2.06. The molecule has 1 heterocycles. The monoisotopic (exact) mass is 388 g/mol. The molecule has 0 saturated heterocycles. The summed E-state index contributed by atoms with van der Waals surface area (Å²) >= 11 is 1.05. The minimum Gasteiger partial charge on any atom is -0.433 e. The van der Waals surface area contributed by atoms with E-state index in [1.807, 2.05) is 36.4 Å². The third-order valence-electron chi connectivity index (χ3n) is 3.25. The highest BCUT2D eigenvalue weighted by atomic mass is 32.3. The molecule has 6 nitrogen and oxygen atoms in total. The molecule has 0 unspecified atom stereocenters. The summed E-state index contributed by atoms with van der Waals surface area (Å²) in [5.74, 6) is 0.471. The summed E-state index contributed by atoms with van der Waals surface area (Å²) in [6.45, 7) is 3.90. The molecule has 3 rings (SSSR count). The Morgan fingerprint density at radius 3 is 2.65 bits per heavy atom. The zero-order chi connectivity index (χ0) is 18.4. The average molecular weight is 388 g/mol. The van der Waals surface area contributed by atoms with Gasteiger partial charge >= 0.3 is 0 Å². The molecule has 2 aromatic rings. The third kappa shape index (κ3) is 4.74. The fraction of sp³-hybridized carbons (Fsp3) is 0.111. The van der Waals surface area contributed by atoms with Gasteiger partial charge in [0, 0.05) is 11.1 Å². The highest BCUT2D eigenvalue weighted by Crippen LogP contribution is 2.24. The van der Waals surface area contributed by atoms with Crippen molar-refractivity contribution < 1.29 is 18.0 Å². The smallest absolute Gasteiger partial charge is 0.268 e. The van der Waals surface area contributed by atoms with Gasteiger partial charge in [-0.05, 0) is 23.9 Å². The van der Waals surface area contributed by atoms with Gasteiger partial charge in [-0.2, -0.15) is 0 Å². The average Bonchev–Trinajstić information content (AvgIpc) is 2.98. The van der Waals surface area contributed by atoms with Crippen molar-refractivity contribution in [1.82, 2.24) is 0 Å². The molecule has 26 heavy (non-hydrogen) atoms. The molecule has 0 radical (unpaired) electrons. The van der Waals surface area contributed by atoms with E-state index < -0.39 is 10.0 Å². The Morgan fingerprint density at radius 2 is 1.96 bits per heavy atom. The SMILES string of the molecule is C=CCO/N=C(/c1ccccc1)c1cccc(OC2=NS(=O)(=O)CS2)c1. The first-order valence-corrected chi connectivity index (χ1v) is 10.3. The van der Waals surface area contributed by atoms with Crippen molar-refractivity contribution in [3.8, 4) is 5.75 Å². The number of hydrogen-bond donors (Lipinski definition) is 0. The molecule has 0 atom stereocenters. The first-order chi connectivity index (χ1) is 12.6. The Morgan fingerprint density at radius 1 is 1.19 bits per heavy atom. The number of hydrogen-bond acceptors (Lipinski definition) is 6. The predicted molar refractivity (Wildman–Crippen MR) is 104 cm³/mol. The van der Waals surface area contributed by atoms with Crippen LogP contribution in [0, 0.1) is 0 Å². The molecule has 0 aromatic heterocycles. The maximum Gasteiger partial charge on any atom is 0.268 e. The molecule has 0 aliphatic carbocycles. The molecule has 2 aromatic carbocycles. The number of sulfonamides is 1. The lowest BCUT2D eigenvalue weighted by Gasteiger charge is -2.09. The zero-order valence-electron chi connectivity index (χ0n) is 13.7. The van der Waals surface area contributed by atoms with E-state index in [1.165, 1.54) is 0 Å². The Labute approximate surface area is 156 Å². The van der Waals surface area contributed by atoms with Crippen molar-refractivity contribution in [2.75, 3.05) is 11.7 Å². The van der Waals surface area contributed by atoms with Gasteiger partial charge in [0.2, 0.25) is 0 Å². The molecule has 0 saturated carbocycles. The van der Waals surface area contributed by atoms with Crippen LogP contribution in [0.1, 0.15) is 11.1 Å². The Balaban J connectivity index is 1.90. The summed E-state index contributed by atoms with van der Waals surface area (Å²) < 4.78 is 32.0. The topological polar surface area (TPSA) is 77.3 Å². The second-order valence-electron chi connectivity index (χ2n) is 5.22. The standard InChI is InChI=1S/C18H16N2O4S2/c1-2-11-23-19-17(14-7-4-3-5-8-14)15-9-6-10-16(12-15)24-18-20-26(21,22)13-25-18/h2-10,12H,1,11,13H2/b19-17-. The van der Waals surface area contributed by atoms with Gasteiger partial charge in [0.1, 0.15) is 23.2 Å². The van der Waals surface area contributed by atoms with Crippen molar-refractivity contribution in [2.45, 2.75) is 0 Å². The fourth-order valence-electron chi connectivity index (χ4n) is 2.17. The molecule has 8 heteroatoms. The van der Waals surface area contributed by atoms with Gasteiger partial charge < -0.3 is 9.57 Å². The van der Waals surface area contributed by atoms with E-state index in [1.54, 1.807) is 24.3 Å². The summed E-state index contributed by atoms with van der Waals surface area (Å²) in [5, 5.41) is 4.22. The number of benzene rings is 2. The minimum atomic E-state index is -3.43. The maximum atomic E-state index is 11.4. The van der Waals surface area contributed by atoms with Crippen molar-refractivity contribution in [1.29, 1.82) is 0 Å². The largest absolute Gasteiger partial charge is 0.433 e. The van der Waals surface area contributed by atoms with Gasteiger partial charge in [-0.1, -0.05) is 60.3 Å². The van der Waals surface area contributed by atoms with E-state index in [0.29, 0.717) is 11.5 Å². The van der Waals surface area contributed by atoms with Gasteiger partial charge in [0.05, 0.1) is 0 Å².